The lowest BCUT2D eigenvalue weighted by Gasteiger charge is -2.20. The topological polar surface area (TPSA) is 90.3 Å². The van der Waals surface area contributed by atoms with Crippen LogP contribution < -0.4 is 10.9 Å². The van der Waals surface area contributed by atoms with Crippen molar-refractivity contribution in [3.05, 3.63) is 64.4 Å². The Hall–Kier alpha value is -2.97. The van der Waals surface area contributed by atoms with E-state index in [1.807, 2.05) is 32.9 Å². The van der Waals surface area contributed by atoms with Gasteiger partial charge in [0.1, 0.15) is 0 Å². The smallest absolute Gasteiger partial charge is 0.262 e. The van der Waals surface area contributed by atoms with E-state index in [1.54, 1.807) is 55.0 Å². The average Bonchev–Trinajstić information content (AvgIpc) is 2.79. The first kappa shape index (κ1) is 24.7. The molecule has 1 aromatic heterocycles. The van der Waals surface area contributed by atoms with Crippen LogP contribution in [0.25, 0.3) is 10.9 Å². The minimum atomic E-state index is -0.477. The van der Waals surface area contributed by atoms with E-state index in [4.69, 9.17) is 4.74 Å². The number of ether oxygens (including phenoxy) is 1. The first-order valence-electron chi connectivity index (χ1n) is 10.8. The van der Waals surface area contributed by atoms with E-state index < -0.39 is 5.25 Å². The van der Waals surface area contributed by atoms with Crippen LogP contribution in [0.5, 0.6) is 0 Å². The number of benzene rings is 2. The number of nitrogens with zero attached hydrogens (tertiary/aromatic N) is 2. The summed E-state index contributed by atoms with van der Waals surface area (Å²) >= 11 is 1.25. The lowest BCUT2D eigenvalue weighted by Crippen LogP contribution is -2.29. The summed E-state index contributed by atoms with van der Waals surface area (Å²) in [6.07, 6.45) is 0. The van der Waals surface area contributed by atoms with Crippen molar-refractivity contribution in [3.8, 4) is 0 Å². The largest absolute Gasteiger partial charge is 0.383 e. The van der Waals surface area contributed by atoms with Crippen molar-refractivity contribution in [1.29, 1.82) is 0 Å². The fraction of sp³-hybridized carbons (Fsp3) is 0.360. The number of amides is 1. The summed E-state index contributed by atoms with van der Waals surface area (Å²) < 4.78 is 6.86. The van der Waals surface area contributed by atoms with Gasteiger partial charge in [0.05, 0.1) is 28.8 Å². The van der Waals surface area contributed by atoms with Crippen molar-refractivity contribution in [3.63, 3.8) is 0 Å². The highest BCUT2D eigenvalue weighted by atomic mass is 32.2. The minimum absolute atomic E-state index is 0.0801. The number of aromatic nitrogens is 2. The summed E-state index contributed by atoms with van der Waals surface area (Å²) in [7, 11) is 1.59. The number of carbonyl (C=O) groups excluding carboxylic acids is 2. The van der Waals surface area contributed by atoms with Gasteiger partial charge in [0.15, 0.2) is 10.9 Å². The zero-order chi connectivity index (χ0) is 24.1. The van der Waals surface area contributed by atoms with Gasteiger partial charge in [0, 0.05) is 24.3 Å². The van der Waals surface area contributed by atoms with Gasteiger partial charge in [-0.05, 0) is 50.2 Å². The molecule has 0 fully saturated rings. The monoisotopic (exact) mass is 467 g/mol. The molecule has 2 aromatic carbocycles. The molecule has 1 heterocycles. The number of Topliss-reactive ketones (excluding diaryl/α,β-unsaturated/α-hetero) is 1. The second kappa shape index (κ2) is 10.8. The van der Waals surface area contributed by atoms with Gasteiger partial charge in [-0.2, -0.15) is 0 Å². The van der Waals surface area contributed by atoms with Crippen LogP contribution in [0, 0.1) is 5.92 Å². The lowest BCUT2D eigenvalue weighted by molar-refractivity contribution is -0.118. The Balaban J connectivity index is 1.87. The molecule has 2 atom stereocenters. The summed E-state index contributed by atoms with van der Waals surface area (Å²) in [5, 5.41) is 3.35. The molecule has 7 nitrogen and oxygen atoms in total. The predicted molar refractivity (Wildman–Crippen MR) is 132 cm³/mol. The van der Waals surface area contributed by atoms with Crippen LogP contribution in [0.4, 0.5) is 5.69 Å². The summed E-state index contributed by atoms with van der Waals surface area (Å²) in [5.41, 5.74) is 1.61. The van der Waals surface area contributed by atoms with Gasteiger partial charge in [-0.3, -0.25) is 19.0 Å². The van der Waals surface area contributed by atoms with E-state index in [0.717, 1.165) is 0 Å². The molecule has 1 N–H and O–H groups in total. The van der Waals surface area contributed by atoms with E-state index in [1.165, 1.54) is 11.8 Å². The molecule has 2 unspecified atom stereocenters. The van der Waals surface area contributed by atoms with Crippen molar-refractivity contribution in [2.45, 2.75) is 44.1 Å². The molecule has 0 radical (unpaired) electrons. The molecule has 0 aliphatic heterocycles. The van der Waals surface area contributed by atoms with Crippen LogP contribution >= 0.6 is 11.8 Å². The maximum Gasteiger partial charge on any atom is 0.262 e. The second-order valence-corrected chi connectivity index (χ2v) is 9.54. The summed E-state index contributed by atoms with van der Waals surface area (Å²) in [5.74, 6) is -0.297. The van der Waals surface area contributed by atoms with Gasteiger partial charge >= 0.3 is 0 Å². The number of fused-ring (bicyclic) bond motifs is 1. The number of anilines is 1. The number of rotatable bonds is 9. The highest BCUT2D eigenvalue weighted by Crippen LogP contribution is 2.27. The van der Waals surface area contributed by atoms with Crippen molar-refractivity contribution < 1.29 is 14.3 Å². The zero-order valence-corrected chi connectivity index (χ0v) is 20.3. The molecule has 0 saturated carbocycles. The lowest BCUT2D eigenvalue weighted by atomic mass is 10.1. The number of para-hydroxylation sites is 1. The SMILES string of the molecule is COCC(C)n1c(SC(C)C(=O)c2ccc(NC(=O)C(C)C)cc2)nc2ccccc2c1=O. The molecular formula is C25H29N3O4S. The zero-order valence-electron chi connectivity index (χ0n) is 19.5. The average molecular weight is 468 g/mol. The Labute approximate surface area is 197 Å². The quantitative estimate of drug-likeness (QED) is 0.282. The Morgan fingerprint density at radius 3 is 2.36 bits per heavy atom. The highest BCUT2D eigenvalue weighted by molar-refractivity contribution is 8.00. The third kappa shape index (κ3) is 5.69. The summed E-state index contributed by atoms with van der Waals surface area (Å²) in [4.78, 5) is 42.9. The molecule has 0 aliphatic rings. The number of methoxy groups -OCH3 is 1. The fourth-order valence-electron chi connectivity index (χ4n) is 3.36. The molecule has 33 heavy (non-hydrogen) atoms. The van der Waals surface area contributed by atoms with Crippen LogP contribution in [-0.2, 0) is 9.53 Å². The summed E-state index contributed by atoms with van der Waals surface area (Å²) in [6.45, 7) is 7.68. The standard InChI is InChI=1S/C25H29N3O4S/c1-15(2)23(30)26-19-12-10-18(11-13-19)22(29)17(4)33-25-27-21-9-7-6-8-20(21)24(31)28(25)16(3)14-32-5/h6-13,15-17H,14H2,1-5H3,(H,26,30). The highest BCUT2D eigenvalue weighted by Gasteiger charge is 2.23. The van der Waals surface area contributed by atoms with Crippen LogP contribution in [0.3, 0.4) is 0 Å². The van der Waals surface area contributed by atoms with Gasteiger partial charge in [-0.1, -0.05) is 37.7 Å². The van der Waals surface area contributed by atoms with Gasteiger partial charge < -0.3 is 10.1 Å². The molecule has 0 aliphatic carbocycles. The number of nitrogens with one attached hydrogen (secondary N) is 1. The Bertz CT molecular complexity index is 1200. The minimum Gasteiger partial charge on any atom is -0.383 e. The Morgan fingerprint density at radius 1 is 1.06 bits per heavy atom. The van der Waals surface area contributed by atoms with Crippen LogP contribution in [0.1, 0.15) is 44.1 Å². The van der Waals surface area contributed by atoms with Crippen molar-refractivity contribution in [2.75, 3.05) is 19.0 Å². The van der Waals surface area contributed by atoms with Crippen molar-refractivity contribution in [2.24, 2.45) is 5.92 Å². The van der Waals surface area contributed by atoms with E-state index in [9.17, 15) is 14.4 Å². The van der Waals surface area contributed by atoms with E-state index in [0.29, 0.717) is 33.9 Å². The number of hydrogen-bond acceptors (Lipinski definition) is 6. The van der Waals surface area contributed by atoms with Gasteiger partial charge in [0.2, 0.25) is 5.91 Å². The second-order valence-electron chi connectivity index (χ2n) is 8.24. The van der Waals surface area contributed by atoms with E-state index in [2.05, 4.69) is 10.3 Å². The molecule has 1 amide bonds. The van der Waals surface area contributed by atoms with Crippen LogP contribution in [-0.4, -0.2) is 40.2 Å². The number of hydrogen-bond donors (Lipinski definition) is 1. The first-order chi connectivity index (χ1) is 15.7. The normalized spacial score (nSPS) is 13.2. The van der Waals surface area contributed by atoms with Crippen molar-refractivity contribution >= 4 is 40.0 Å². The molecule has 0 saturated heterocycles. The number of thioether (sulfide) groups is 1. The molecule has 8 heteroatoms. The molecule has 174 valence electrons. The van der Waals surface area contributed by atoms with E-state index >= 15 is 0 Å². The fourth-order valence-corrected chi connectivity index (χ4v) is 4.45. The Morgan fingerprint density at radius 2 is 1.73 bits per heavy atom. The van der Waals surface area contributed by atoms with E-state index in [-0.39, 0.29) is 29.2 Å². The molecular weight excluding hydrogens is 438 g/mol. The molecule has 3 aromatic rings. The third-order valence-corrected chi connectivity index (χ3v) is 6.30. The molecule has 3 rings (SSSR count). The van der Waals surface area contributed by atoms with Gasteiger partial charge in [-0.25, -0.2) is 4.98 Å². The number of ketones is 1. The van der Waals surface area contributed by atoms with Crippen molar-refractivity contribution in [1.82, 2.24) is 9.55 Å². The first-order valence-corrected chi connectivity index (χ1v) is 11.7. The molecule has 0 bridgehead atoms. The maximum absolute atomic E-state index is 13.2. The number of carbonyl (C=O) groups is 2. The van der Waals surface area contributed by atoms with Gasteiger partial charge in [-0.15, -0.1) is 0 Å². The predicted octanol–water partition coefficient (Wildman–Crippen LogP) is 4.56. The van der Waals surface area contributed by atoms with Crippen LogP contribution in [0.2, 0.25) is 0 Å². The van der Waals surface area contributed by atoms with Gasteiger partial charge in [0.25, 0.3) is 5.56 Å². The third-order valence-electron chi connectivity index (χ3n) is 5.24. The van der Waals surface area contributed by atoms with Crippen LogP contribution in [0.15, 0.2) is 58.5 Å². The maximum atomic E-state index is 13.2. The molecule has 0 spiro atoms. The Kier molecular flexibility index (Phi) is 8.05. The summed E-state index contributed by atoms with van der Waals surface area (Å²) in [6, 6.07) is 13.8.